The van der Waals surface area contributed by atoms with Crippen molar-refractivity contribution >= 4 is 6.09 Å². The van der Waals surface area contributed by atoms with Gasteiger partial charge in [-0.05, 0) is 39.3 Å². The zero-order valence-corrected chi connectivity index (χ0v) is 12.9. The number of carbonyl (C=O) groups is 1. The number of rotatable bonds is 2. The van der Waals surface area contributed by atoms with Crippen molar-refractivity contribution in [2.45, 2.75) is 39.7 Å². The first kappa shape index (κ1) is 16.6. The summed E-state index contributed by atoms with van der Waals surface area (Å²) >= 11 is 0. The summed E-state index contributed by atoms with van der Waals surface area (Å²) in [6, 6.07) is 7.63. The standard InChI is InChI=1S/C17H20N2O2/c1-13-8-7-9-14(12-18)15(13)10-5-6-11-19-16(20)21-17(2,3)4/h7-9H,6,11H2,1-4H3,(H,19,20). The molecule has 0 aliphatic rings. The predicted molar refractivity (Wildman–Crippen MR) is 81.6 cm³/mol. The highest BCUT2D eigenvalue weighted by molar-refractivity contribution is 5.67. The van der Waals surface area contributed by atoms with Crippen LogP contribution in [-0.2, 0) is 4.74 Å². The van der Waals surface area contributed by atoms with Crippen molar-refractivity contribution in [2.75, 3.05) is 6.54 Å². The summed E-state index contributed by atoms with van der Waals surface area (Å²) in [5.41, 5.74) is 1.79. The zero-order chi connectivity index (χ0) is 15.9. The van der Waals surface area contributed by atoms with Crippen LogP contribution in [0.25, 0.3) is 0 Å². The highest BCUT2D eigenvalue weighted by Crippen LogP contribution is 2.11. The Hall–Kier alpha value is -2.46. The number of hydrogen-bond donors (Lipinski definition) is 1. The van der Waals surface area contributed by atoms with Gasteiger partial charge in [-0.1, -0.05) is 24.0 Å². The van der Waals surface area contributed by atoms with Gasteiger partial charge in [0.05, 0.1) is 5.56 Å². The fraction of sp³-hybridized carbons (Fsp3) is 0.412. The van der Waals surface area contributed by atoms with Gasteiger partial charge in [0.1, 0.15) is 11.7 Å². The zero-order valence-electron chi connectivity index (χ0n) is 12.9. The molecule has 1 N–H and O–H groups in total. The minimum Gasteiger partial charge on any atom is -0.444 e. The monoisotopic (exact) mass is 284 g/mol. The predicted octanol–water partition coefficient (Wildman–Crippen LogP) is 3.13. The van der Waals surface area contributed by atoms with E-state index in [0.29, 0.717) is 18.5 Å². The maximum Gasteiger partial charge on any atom is 0.407 e. The molecule has 0 heterocycles. The topological polar surface area (TPSA) is 62.1 Å². The van der Waals surface area contributed by atoms with Gasteiger partial charge in [-0.25, -0.2) is 4.79 Å². The number of carbonyl (C=O) groups excluding carboxylic acids is 1. The number of nitriles is 1. The number of ether oxygens (including phenoxy) is 1. The average molecular weight is 284 g/mol. The van der Waals surface area contributed by atoms with Gasteiger partial charge >= 0.3 is 6.09 Å². The van der Waals surface area contributed by atoms with Crippen LogP contribution >= 0.6 is 0 Å². The van der Waals surface area contributed by atoms with E-state index in [1.807, 2.05) is 39.8 Å². The van der Waals surface area contributed by atoms with Gasteiger partial charge in [-0.15, -0.1) is 0 Å². The van der Waals surface area contributed by atoms with Crippen LogP contribution < -0.4 is 5.32 Å². The highest BCUT2D eigenvalue weighted by Gasteiger charge is 2.15. The van der Waals surface area contributed by atoms with Crippen LogP contribution in [0.3, 0.4) is 0 Å². The summed E-state index contributed by atoms with van der Waals surface area (Å²) in [5.74, 6) is 5.95. The van der Waals surface area contributed by atoms with Crippen LogP contribution in [0.5, 0.6) is 0 Å². The molecule has 4 heteroatoms. The maximum absolute atomic E-state index is 11.4. The van der Waals surface area contributed by atoms with Crippen LogP contribution in [0.2, 0.25) is 0 Å². The van der Waals surface area contributed by atoms with E-state index >= 15 is 0 Å². The first-order chi connectivity index (χ1) is 9.83. The second-order valence-electron chi connectivity index (χ2n) is 5.59. The minimum atomic E-state index is -0.501. The summed E-state index contributed by atoms with van der Waals surface area (Å²) in [4.78, 5) is 11.4. The lowest BCUT2D eigenvalue weighted by Gasteiger charge is -2.19. The number of hydrogen-bond acceptors (Lipinski definition) is 3. The van der Waals surface area contributed by atoms with Gasteiger partial charge in [0.15, 0.2) is 0 Å². The van der Waals surface area contributed by atoms with Crippen LogP contribution in [0, 0.1) is 30.1 Å². The second kappa shape index (κ2) is 7.36. The van der Waals surface area contributed by atoms with Crippen LogP contribution in [0.4, 0.5) is 4.79 Å². The van der Waals surface area contributed by atoms with E-state index in [4.69, 9.17) is 10.00 Å². The largest absolute Gasteiger partial charge is 0.444 e. The lowest BCUT2D eigenvalue weighted by Crippen LogP contribution is -2.32. The lowest BCUT2D eigenvalue weighted by molar-refractivity contribution is 0.0529. The summed E-state index contributed by atoms with van der Waals surface area (Å²) in [7, 11) is 0. The third kappa shape index (κ3) is 6.01. The van der Waals surface area contributed by atoms with Gasteiger partial charge in [0, 0.05) is 18.5 Å². The third-order valence-electron chi connectivity index (χ3n) is 2.52. The van der Waals surface area contributed by atoms with Gasteiger partial charge in [0.25, 0.3) is 0 Å². The first-order valence-electron chi connectivity index (χ1n) is 6.79. The Bertz CT molecular complexity index is 610. The first-order valence-corrected chi connectivity index (χ1v) is 6.79. The molecule has 1 amide bonds. The second-order valence-corrected chi connectivity index (χ2v) is 5.59. The fourth-order valence-electron chi connectivity index (χ4n) is 1.62. The average Bonchev–Trinajstić information content (AvgIpc) is 2.37. The van der Waals surface area contributed by atoms with Crippen LogP contribution in [0.1, 0.15) is 43.9 Å². The molecular formula is C17H20N2O2. The van der Waals surface area contributed by atoms with E-state index in [-0.39, 0.29) is 0 Å². The molecule has 0 atom stereocenters. The van der Waals surface area contributed by atoms with E-state index in [0.717, 1.165) is 11.1 Å². The number of alkyl carbamates (subject to hydrolysis) is 1. The van der Waals surface area contributed by atoms with Crippen molar-refractivity contribution in [1.82, 2.24) is 5.32 Å². The molecule has 0 aromatic heterocycles. The van der Waals surface area contributed by atoms with Crippen molar-refractivity contribution in [3.63, 3.8) is 0 Å². The SMILES string of the molecule is Cc1cccc(C#N)c1C#CCCNC(=O)OC(C)(C)C. The van der Waals surface area contributed by atoms with Crippen molar-refractivity contribution in [1.29, 1.82) is 5.26 Å². The quantitative estimate of drug-likeness (QED) is 0.670. The number of nitrogens with one attached hydrogen (secondary N) is 1. The highest BCUT2D eigenvalue weighted by atomic mass is 16.6. The number of nitrogens with zero attached hydrogens (tertiary/aromatic N) is 1. The van der Waals surface area contributed by atoms with Crippen LogP contribution in [-0.4, -0.2) is 18.2 Å². The van der Waals surface area contributed by atoms with Crippen molar-refractivity contribution < 1.29 is 9.53 Å². The van der Waals surface area contributed by atoms with E-state index in [2.05, 4.69) is 23.2 Å². The maximum atomic E-state index is 11.4. The Labute approximate surface area is 126 Å². The van der Waals surface area contributed by atoms with Crippen molar-refractivity contribution in [3.05, 3.63) is 34.9 Å². The molecule has 21 heavy (non-hydrogen) atoms. The lowest BCUT2D eigenvalue weighted by atomic mass is 10.0. The van der Waals surface area contributed by atoms with E-state index in [1.54, 1.807) is 6.07 Å². The molecular weight excluding hydrogens is 264 g/mol. The Kier molecular flexibility index (Phi) is 5.81. The Balaban J connectivity index is 2.52. The number of aryl methyl sites for hydroxylation is 1. The Morgan fingerprint density at radius 3 is 2.71 bits per heavy atom. The number of amides is 1. The molecule has 0 saturated carbocycles. The van der Waals surface area contributed by atoms with Gasteiger partial charge in [-0.2, -0.15) is 5.26 Å². The Morgan fingerprint density at radius 1 is 1.38 bits per heavy atom. The number of benzene rings is 1. The molecule has 1 aromatic carbocycles. The van der Waals surface area contributed by atoms with Gasteiger partial charge in [-0.3, -0.25) is 0 Å². The normalized spacial score (nSPS) is 10.0. The van der Waals surface area contributed by atoms with Crippen LogP contribution in [0.15, 0.2) is 18.2 Å². The fourth-order valence-corrected chi connectivity index (χ4v) is 1.62. The molecule has 0 saturated heterocycles. The summed E-state index contributed by atoms with van der Waals surface area (Å²) in [6.45, 7) is 7.77. The molecule has 1 aromatic rings. The molecule has 0 radical (unpaired) electrons. The molecule has 0 aliphatic heterocycles. The molecule has 0 bridgehead atoms. The summed E-state index contributed by atoms with van der Waals surface area (Å²) in [5, 5.41) is 11.7. The van der Waals surface area contributed by atoms with E-state index in [1.165, 1.54) is 0 Å². The van der Waals surface area contributed by atoms with E-state index < -0.39 is 11.7 Å². The van der Waals surface area contributed by atoms with E-state index in [9.17, 15) is 4.79 Å². The molecule has 0 spiro atoms. The molecule has 0 aliphatic carbocycles. The van der Waals surface area contributed by atoms with Crippen molar-refractivity contribution in [2.24, 2.45) is 0 Å². The van der Waals surface area contributed by atoms with Gasteiger partial charge in [0.2, 0.25) is 0 Å². The molecule has 110 valence electrons. The van der Waals surface area contributed by atoms with Gasteiger partial charge < -0.3 is 10.1 Å². The third-order valence-corrected chi connectivity index (χ3v) is 2.52. The molecule has 0 fully saturated rings. The summed E-state index contributed by atoms with van der Waals surface area (Å²) in [6.07, 6.45) is 0.0521. The summed E-state index contributed by atoms with van der Waals surface area (Å²) < 4.78 is 5.12. The molecule has 1 rings (SSSR count). The molecule has 0 unspecified atom stereocenters. The van der Waals surface area contributed by atoms with Crippen molar-refractivity contribution in [3.8, 4) is 17.9 Å². The molecule has 4 nitrogen and oxygen atoms in total. The smallest absolute Gasteiger partial charge is 0.407 e. The Morgan fingerprint density at radius 2 is 2.10 bits per heavy atom. The minimum absolute atomic E-state index is 0.412.